The molecule has 0 saturated carbocycles. The molecule has 0 N–H and O–H groups in total. The van der Waals surface area contributed by atoms with Gasteiger partial charge in [-0.2, -0.15) is 0 Å². The van der Waals surface area contributed by atoms with Gasteiger partial charge >= 0.3 is 5.97 Å². The van der Waals surface area contributed by atoms with E-state index in [0.717, 1.165) is 6.54 Å². The van der Waals surface area contributed by atoms with Crippen LogP contribution < -0.4 is 0 Å². The summed E-state index contributed by atoms with van der Waals surface area (Å²) >= 11 is 0. The van der Waals surface area contributed by atoms with Crippen molar-refractivity contribution in [2.24, 2.45) is 5.92 Å². The van der Waals surface area contributed by atoms with E-state index in [-0.39, 0.29) is 18.4 Å². The summed E-state index contributed by atoms with van der Waals surface area (Å²) in [6.45, 7) is 5.30. The van der Waals surface area contributed by atoms with Crippen LogP contribution in [0.5, 0.6) is 0 Å². The molecule has 0 heterocycles. The Hall–Kier alpha value is -1.10. The van der Waals surface area contributed by atoms with Crippen LogP contribution in [0.1, 0.15) is 20.3 Å². The zero-order valence-corrected chi connectivity index (χ0v) is 11.5. The van der Waals surface area contributed by atoms with Crippen LogP contribution in [0.2, 0.25) is 0 Å². The Balaban J connectivity index is 4.37. The summed E-state index contributed by atoms with van der Waals surface area (Å²) in [6, 6.07) is 0. The van der Waals surface area contributed by atoms with Crippen LogP contribution in [0, 0.1) is 5.92 Å². The first-order valence-corrected chi connectivity index (χ1v) is 5.86. The zero-order chi connectivity index (χ0) is 13.4. The van der Waals surface area contributed by atoms with Gasteiger partial charge in [-0.1, -0.05) is 13.8 Å². The quantitative estimate of drug-likeness (QED) is 0.615. The molecule has 0 saturated heterocycles. The number of ether oxygens (including phenoxy) is 1. The summed E-state index contributed by atoms with van der Waals surface area (Å²) in [4.78, 5) is 26.7. The molecule has 0 radical (unpaired) electrons. The van der Waals surface area contributed by atoms with E-state index in [9.17, 15) is 9.59 Å². The van der Waals surface area contributed by atoms with E-state index >= 15 is 0 Å². The second-order valence-corrected chi connectivity index (χ2v) is 4.79. The van der Waals surface area contributed by atoms with Crippen molar-refractivity contribution in [3.05, 3.63) is 0 Å². The summed E-state index contributed by atoms with van der Waals surface area (Å²) in [5.41, 5.74) is 0. The number of carbonyl (C=O) groups is 2. The van der Waals surface area contributed by atoms with Crippen molar-refractivity contribution >= 4 is 11.9 Å². The van der Waals surface area contributed by atoms with Gasteiger partial charge in [0.2, 0.25) is 5.91 Å². The van der Waals surface area contributed by atoms with Gasteiger partial charge < -0.3 is 14.5 Å². The lowest BCUT2D eigenvalue weighted by atomic mass is 10.1. The molecule has 100 valence electrons. The van der Waals surface area contributed by atoms with Crippen molar-refractivity contribution in [1.82, 2.24) is 9.80 Å². The molecule has 0 aromatic carbocycles. The van der Waals surface area contributed by atoms with E-state index in [1.807, 2.05) is 32.8 Å². The maximum atomic E-state index is 11.9. The summed E-state index contributed by atoms with van der Waals surface area (Å²) in [7, 11) is 5.20. The molecule has 0 bridgehead atoms. The van der Waals surface area contributed by atoms with Gasteiger partial charge in [-0.3, -0.25) is 9.59 Å². The molecule has 0 fully saturated rings. The van der Waals surface area contributed by atoms with E-state index in [2.05, 4.69) is 4.74 Å². The first kappa shape index (κ1) is 15.9. The third kappa shape index (κ3) is 7.74. The first-order chi connectivity index (χ1) is 7.86. The Morgan fingerprint density at radius 2 is 1.76 bits per heavy atom. The molecule has 0 aliphatic rings. The number of esters is 1. The van der Waals surface area contributed by atoms with E-state index in [4.69, 9.17) is 0 Å². The monoisotopic (exact) mass is 244 g/mol. The van der Waals surface area contributed by atoms with Gasteiger partial charge in [0.05, 0.1) is 7.11 Å². The molecular weight excluding hydrogens is 220 g/mol. The summed E-state index contributed by atoms with van der Waals surface area (Å²) in [5.74, 6) is -0.0740. The standard InChI is InChI=1S/C12H24N2O3/c1-10(2)8-11(15)14(7-6-13(3)4)9-12(16)17-5/h10H,6-9H2,1-5H3. The predicted molar refractivity (Wildman–Crippen MR) is 66.6 cm³/mol. The highest BCUT2D eigenvalue weighted by Crippen LogP contribution is 2.04. The van der Waals surface area contributed by atoms with Crippen LogP contribution in [-0.2, 0) is 14.3 Å². The van der Waals surface area contributed by atoms with Crippen LogP contribution >= 0.6 is 0 Å². The maximum Gasteiger partial charge on any atom is 0.325 e. The third-order valence-corrected chi connectivity index (χ3v) is 2.30. The minimum Gasteiger partial charge on any atom is -0.468 e. The van der Waals surface area contributed by atoms with Gasteiger partial charge in [0, 0.05) is 19.5 Å². The molecule has 5 heteroatoms. The number of amides is 1. The lowest BCUT2D eigenvalue weighted by Gasteiger charge is -2.24. The van der Waals surface area contributed by atoms with Crippen molar-refractivity contribution < 1.29 is 14.3 Å². The van der Waals surface area contributed by atoms with E-state index in [1.54, 1.807) is 4.90 Å². The molecule has 0 spiro atoms. The average molecular weight is 244 g/mol. The number of methoxy groups -OCH3 is 1. The summed E-state index contributed by atoms with van der Waals surface area (Å²) in [6.07, 6.45) is 0.463. The van der Waals surface area contributed by atoms with Crippen molar-refractivity contribution in [3.63, 3.8) is 0 Å². The molecular formula is C12H24N2O3. The Morgan fingerprint density at radius 3 is 2.18 bits per heavy atom. The van der Waals surface area contributed by atoms with Gasteiger partial charge in [-0.15, -0.1) is 0 Å². The van der Waals surface area contributed by atoms with Gasteiger partial charge in [0.25, 0.3) is 0 Å². The largest absolute Gasteiger partial charge is 0.468 e. The van der Waals surface area contributed by atoms with Crippen LogP contribution in [0.15, 0.2) is 0 Å². The first-order valence-electron chi connectivity index (χ1n) is 5.86. The fourth-order valence-electron chi connectivity index (χ4n) is 1.31. The van der Waals surface area contributed by atoms with Gasteiger partial charge in [-0.25, -0.2) is 0 Å². The van der Waals surface area contributed by atoms with Gasteiger partial charge in [0.1, 0.15) is 6.54 Å². The minimum absolute atomic E-state index is 0.00671. The molecule has 0 aliphatic heterocycles. The third-order valence-electron chi connectivity index (χ3n) is 2.30. The Labute approximate surface area is 104 Å². The zero-order valence-electron chi connectivity index (χ0n) is 11.5. The van der Waals surface area contributed by atoms with Gasteiger partial charge in [-0.05, 0) is 20.0 Å². The number of rotatable bonds is 7. The summed E-state index contributed by atoms with van der Waals surface area (Å²) < 4.78 is 4.60. The SMILES string of the molecule is COC(=O)CN(CCN(C)C)C(=O)CC(C)C. The number of hydrogen-bond donors (Lipinski definition) is 0. The number of nitrogens with zero attached hydrogens (tertiary/aromatic N) is 2. The number of likely N-dealkylation sites (N-methyl/N-ethyl adjacent to an activating group) is 1. The highest BCUT2D eigenvalue weighted by Gasteiger charge is 2.18. The molecule has 0 aliphatic carbocycles. The van der Waals surface area contributed by atoms with Crippen molar-refractivity contribution in [2.75, 3.05) is 40.8 Å². The number of carbonyl (C=O) groups excluding carboxylic acids is 2. The van der Waals surface area contributed by atoms with Crippen LogP contribution in [-0.4, -0.2) is 62.5 Å². The Morgan fingerprint density at radius 1 is 1.18 bits per heavy atom. The van der Waals surface area contributed by atoms with Crippen LogP contribution in [0.25, 0.3) is 0 Å². The van der Waals surface area contributed by atoms with E-state index < -0.39 is 0 Å². The Bertz CT molecular complexity index is 252. The number of hydrogen-bond acceptors (Lipinski definition) is 4. The average Bonchev–Trinajstić information content (AvgIpc) is 2.22. The lowest BCUT2D eigenvalue weighted by molar-refractivity contribution is -0.147. The van der Waals surface area contributed by atoms with E-state index in [1.165, 1.54) is 7.11 Å². The van der Waals surface area contributed by atoms with Crippen LogP contribution in [0.4, 0.5) is 0 Å². The maximum absolute atomic E-state index is 11.9. The lowest BCUT2D eigenvalue weighted by Crippen LogP contribution is -2.40. The molecule has 5 nitrogen and oxygen atoms in total. The fraction of sp³-hybridized carbons (Fsp3) is 0.833. The highest BCUT2D eigenvalue weighted by atomic mass is 16.5. The highest BCUT2D eigenvalue weighted by molar-refractivity contribution is 5.82. The van der Waals surface area contributed by atoms with E-state index in [0.29, 0.717) is 18.9 Å². The van der Waals surface area contributed by atoms with Crippen molar-refractivity contribution in [2.45, 2.75) is 20.3 Å². The molecule has 0 atom stereocenters. The second-order valence-electron chi connectivity index (χ2n) is 4.79. The fourth-order valence-corrected chi connectivity index (χ4v) is 1.31. The minimum atomic E-state index is -0.374. The molecule has 17 heavy (non-hydrogen) atoms. The van der Waals surface area contributed by atoms with Crippen molar-refractivity contribution in [1.29, 1.82) is 0 Å². The second kappa shape index (κ2) is 8.06. The molecule has 0 rings (SSSR count). The molecule has 0 aromatic rings. The Kier molecular flexibility index (Phi) is 7.54. The molecule has 0 aromatic heterocycles. The summed E-state index contributed by atoms with van der Waals surface area (Å²) in [5, 5.41) is 0. The molecule has 0 unspecified atom stereocenters. The normalized spacial score (nSPS) is 10.8. The molecule has 1 amide bonds. The van der Waals surface area contributed by atoms with Crippen molar-refractivity contribution in [3.8, 4) is 0 Å². The smallest absolute Gasteiger partial charge is 0.325 e. The van der Waals surface area contributed by atoms with Crippen LogP contribution in [0.3, 0.4) is 0 Å². The predicted octanol–water partition coefficient (Wildman–Crippen LogP) is 0.596. The van der Waals surface area contributed by atoms with Gasteiger partial charge in [0.15, 0.2) is 0 Å². The topological polar surface area (TPSA) is 49.9 Å².